The largest absolute Gasteiger partial charge is 0.483 e. The number of hydrogen-bond donors (Lipinski definition) is 0. The highest BCUT2D eigenvalue weighted by atomic mass is 19.1. The number of hydrogen-bond acceptors (Lipinski definition) is 3. The average Bonchev–Trinajstić information content (AvgIpc) is 3.22. The third kappa shape index (κ3) is 3.35. The van der Waals surface area contributed by atoms with Gasteiger partial charge in [0.05, 0.1) is 5.56 Å². The van der Waals surface area contributed by atoms with Gasteiger partial charge in [0, 0.05) is 12.6 Å². The summed E-state index contributed by atoms with van der Waals surface area (Å²) in [6.07, 6.45) is 2.07. The molecule has 0 heterocycles. The first kappa shape index (κ1) is 14.5. The quantitative estimate of drug-likeness (QED) is 0.751. The highest BCUT2D eigenvalue weighted by Crippen LogP contribution is 2.27. The Balaban J connectivity index is 2.03. The first-order chi connectivity index (χ1) is 9.52. The van der Waals surface area contributed by atoms with Crippen LogP contribution in [0.3, 0.4) is 0 Å². The van der Waals surface area contributed by atoms with Crippen molar-refractivity contribution >= 4 is 11.7 Å². The lowest BCUT2D eigenvalue weighted by Gasteiger charge is -2.20. The van der Waals surface area contributed by atoms with Gasteiger partial charge in [-0.15, -0.1) is 0 Å². The smallest absolute Gasteiger partial charge is 0.260 e. The Hall–Kier alpha value is -1.91. The van der Waals surface area contributed by atoms with Gasteiger partial charge in [0.25, 0.3) is 5.91 Å². The maximum Gasteiger partial charge on any atom is 0.260 e. The fourth-order valence-corrected chi connectivity index (χ4v) is 2.15. The van der Waals surface area contributed by atoms with E-state index in [4.69, 9.17) is 4.74 Å². The highest BCUT2D eigenvalue weighted by Gasteiger charge is 2.31. The van der Waals surface area contributed by atoms with Crippen molar-refractivity contribution < 1.29 is 18.7 Å². The minimum atomic E-state index is -0.498. The van der Waals surface area contributed by atoms with E-state index in [1.807, 2.05) is 6.92 Å². The molecule has 1 aliphatic rings. The van der Waals surface area contributed by atoms with E-state index in [1.165, 1.54) is 19.1 Å². The number of likely N-dealkylation sites (N-methyl/N-ethyl adjacent to an activating group) is 1. The molecule has 108 valence electrons. The second-order valence-corrected chi connectivity index (χ2v) is 4.90. The Labute approximate surface area is 117 Å². The summed E-state index contributed by atoms with van der Waals surface area (Å²) in [6, 6.07) is 4.05. The monoisotopic (exact) mass is 279 g/mol. The summed E-state index contributed by atoms with van der Waals surface area (Å²) in [5, 5.41) is 0. The van der Waals surface area contributed by atoms with Crippen molar-refractivity contribution in [2.45, 2.75) is 32.7 Å². The van der Waals surface area contributed by atoms with Crippen molar-refractivity contribution in [3.63, 3.8) is 0 Å². The van der Waals surface area contributed by atoms with Crippen LogP contribution in [0.15, 0.2) is 18.2 Å². The number of halogens is 1. The summed E-state index contributed by atoms with van der Waals surface area (Å²) >= 11 is 0. The fraction of sp³-hybridized carbons (Fsp3) is 0.467. The van der Waals surface area contributed by atoms with E-state index < -0.39 is 5.82 Å². The summed E-state index contributed by atoms with van der Waals surface area (Å²) in [5.74, 6) is -0.642. The molecule has 0 N–H and O–H groups in total. The topological polar surface area (TPSA) is 46.6 Å². The normalized spacial score (nSPS) is 13.9. The number of carbonyl (C=O) groups excluding carboxylic acids is 2. The van der Waals surface area contributed by atoms with Crippen LogP contribution in [-0.4, -0.2) is 35.8 Å². The van der Waals surface area contributed by atoms with E-state index in [1.54, 1.807) is 4.90 Å². The molecule has 1 aromatic carbocycles. The lowest BCUT2D eigenvalue weighted by Crippen LogP contribution is -2.36. The van der Waals surface area contributed by atoms with Gasteiger partial charge in [-0.2, -0.15) is 0 Å². The predicted molar refractivity (Wildman–Crippen MR) is 72.3 cm³/mol. The Morgan fingerprint density at radius 2 is 2.10 bits per heavy atom. The lowest BCUT2D eigenvalue weighted by molar-refractivity contribution is -0.133. The molecule has 1 aromatic rings. The predicted octanol–water partition coefficient (Wildman–Crippen LogP) is 2.42. The zero-order valence-corrected chi connectivity index (χ0v) is 11.7. The SMILES string of the molecule is CCN(C(=O)COc1ccc(F)cc1C(C)=O)C1CC1. The van der Waals surface area contributed by atoms with E-state index in [-0.39, 0.29) is 29.6 Å². The minimum absolute atomic E-state index is 0.103. The third-order valence-electron chi connectivity index (χ3n) is 3.32. The second-order valence-electron chi connectivity index (χ2n) is 4.90. The van der Waals surface area contributed by atoms with Gasteiger partial charge in [-0.25, -0.2) is 4.39 Å². The van der Waals surface area contributed by atoms with Crippen LogP contribution in [0.2, 0.25) is 0 Å². The van der Waals surface area contributed by atoms with Gasteiger partial charge in [-0.05, 0) is 44.9 Å². The van der Waals surface area contributed by atoms with Gasteiger partial charge in [0.2, 0.25) is 0 Å². The summed E-state index contributed by atoms with van der Waals surface area (Å²) < 4.78 is 18.5. The summed E-state index contributed by atoms with van der Waals surface area (Å²) in [7, 11) is 0. The molecular weight excluding hydrogens is 261 g/mol. The maximum atomic E-state index is 13.1. The molecule has 0 aliphatic heterocycles. The van der Waals surface area contributed by atoms with Crippen LogP contribution in [-0.2, 0) is 4.79 Å². The van der Waals surface area contributed by atoms with Gasteiger partial charge in [0.15, 0.2) is 12.4 Å². The lowest BCUT2D eigenvalue weighted by atomic mass is 10.1. The van der Waals surface area contributed by atoms with E-state index in [0.717, 1.165) is 18.9 Å². The molecule has 1 fully saturated rings. The van der Waals surface area contributed by atoms with E-state index in [0.29, 0.717) is 12.6 Å². The molecule has 0 spiro atoms. The molecule has 0 bridgehead atoms. The van der Waals surface area contributed by atoms with Crippen LogP contribution < -0.4 is 4.74 Å². The summed E-state index contributed by atoms with van der Waals surface area (Å²) in [4.78, 5) is 25.2. The fourth-order valence-electron chi connectivity index (χ4n) is 2.15. The Morgan fingerprint density at radius 1 is 1.40 bits per heavy atom. The molecule has 2 rings (SSSR count). The number of rotatable bonds is 6. The number of amides is 1. The molecule has 0 saturated heterocycles. The van der Waals surface area contributed by atoms with Crippen molar-refractivity contribution in [2.24, 2.45) is 0 Å². The zero-order valence-electron chi connectivity index (χ0n) is 11.7. The van der Waals surface area contributed by atoms with E-state index >= 15 is 0 Å². The molecule has 0 aromatic heterocycles. The molecule has 4 nitrogen and oxygen atoms in total. The molecule has 0 radical (unpaired) electrons. The molecule has 1 saturated carbocycles. The van der Waals surface area contributed by atoms with Gasteiger partial charge < -0.3 is 9.64 Å². The first-order valence-corrected chi connectivity index (χ1v) is 6.75. The number of nitrogens with zero attached hydrogens (tertiary/aromatic N) is 1. The van der Waals surface area contributed by atoms with Crippen LogP contribution in [0.25, 0.3) is 0 Å². The molecule has 1 aliphatic carbocycles. The molecule has 1 amide bonds. The number of ether oxygens (including phenoxy) is 1. The molecule has 20 heavy (non-hydrogen) atoms. The standard InChI is InChI=1S/C15H18FNO3/c1-3-17(12-5-6-12)15(19)9-20-14-7-4-11(16)8-13(14)10(2)18/h4,7-8,12H,3,5-6,9H2,1-2H3. The Bertz CT molecular complexity index is 526. The van der Waals surface area contributed by atoms with Gasteiger partial charge in [-0.3, -0.25) is 9.59 Å². The van der Waals surface area contributed by atoms with Crippen LogP contribution in [0.4, 0.5) is 4.39 Å². The maximum absolute atomic E-state index is 13.1. The van der Waals surface area contributed by atoms with Gasteiger partial charge in [-0.1, -0.05) is 0 Å². The first-order valence-electron chi connectivity index (χ1n) is 6.75. The Kier molecular flexibility index (Phi) is 4.37. The minimum Gasteiger partial charge on any atom is -0.483 e. The molecule has 0 atom stereocenters. The van der Waals surface area contributed by atoms with E-state index in [9.17, 15) is 14.0 Å². The van der Waals surface area contributed by atoms with Crippen LogP contribution >= 0.6 is 0 Å². The number of carbonyl (C=O) groups is 2. The van der Waals surface area contributed by atoms with Gasteiger partial charge in [0.1, 0.15) is 11.6 Å². The van der Waals surface area contributed by atoms with Crippen molar-refractivity contribution in [1.82, 2.24) is 4.90 Å². The molecule has 0 unspecified atom stereocenters. The number of ketones is 1. The summed E-state index contributed by atoms with van der Waals surface area (Å²) in [6.45, 7) is 3.78. The van der Waals surface area contributed by atoms with Gasteiger partial charge >= 0.3 is 0 Å². The van der Waals surface area contributed by atoms with Crippen molar-refractivity contribution in [1.29, 1.82) is 0 Å². The summed E-state index contributed by atoms with van der Waals surface area (Å²) in [5.41, 5.74) is 0.160. The Morgan fingerprint density at radius 3 is 2.65 bits per heavy atom. The third-order valence-corrected chi connectivity index (χ3v) is 3.32. The van der Waals surface area contributed by atoms with Crippen molar-refractivity contribution in [3.8, 4) is 5.75 Å². The van der Waals surface area contributed by atoms with Crippen molar-refractivity contribution in [3.05, 3.63) is 29.6 Å². The van der Waals surface area contributed by atoms with E-state index in [2.05, 4.69) is 0 Å². The average molecular weight is 279 g/mol. The highest BCUT2D eigenvalue weighted by molar-refractivity contribution is 5.96. The van der Waals surface area contributed by atoms with Crippen LogP contribution in [0, 0.1) is 5.82 Å². The van der Waals surface area contributed by atoms with Crippen LogP contribution in [0.1, 0.15) is 37.0 Å². The molecule has 5 heteroatoms. The number of benzene rings is 1. The zero-order chi connectivity index (χ0) is 14.7. The van der Waals surface area contributed by atoms with Crippen molar-refractivity contribution in [2.75, 3.05) is 13.2 Å². The number of Topliss-reactive ketones (excluding diaryl/α,β-unsaturated/α-hetero) is 1. The van der Waals surface area contributed by atoms with Crippen LogP contribution in [0.5, 0.6) is 5.75 Å². The second kappa shape index (κ2) is 6.03. The molecular formula is C15H18FNO3.